The Kier molecular flexibility index (Phi) is 9.09. The molecule has 1 aliphatic heterocycles. The lowest BCUT2D eigenvalue weighted by atomic mass is 9.96. The highest BCUT2D eigenvalue weighted by atomic mass is 35.5. The largest absolute Gasteiger partial charge is 0.455 e. The zero-order valence-electron chi connectivity index (χ0n) is 22.0. The normalized spacial score (nSPS) is 15.5. The molecule has 0 amide bonds. The summed E-state index contributed by atoms with van der Waals surface area (Å²) >= 11 is 7.63. The summed E-state index contributed by atoms with van der Waals surface area (Å²) in [4.78, 5) is 6.42. The summed E-state index contributed by atoms with van der Waals surface area (Å²) in [6.45, 7) is 1.64. The third-order valence-corrected chi connectivity index (χ3v) is 8.24. The fraction of sp³-hybridized carbons (Fsp3) is 0.286. The first-order valence-corrected chi connectivity index (χ1v) is 14.6. The number of halogens is 4. The molecular weight excluding hydrogens is 592 g/mol. The Hall–Kier alpha value is -3.24. The molecule has 2 N–H and O–H groups in total. The molecule has 7 nitrogen and oxygen atoms in total. The molecule has 1 aliphatic rings. The lowest BCUT2D eigenvalue weighted by molar-refractivity contribution is -0.138. The van der Waals surface area contributed by atoms with Crippen molar-refractivity contribution in [3.63, 3.8) is 0 Å². The molecule has 0 radical (unpaired) electrons. The number of piperidine rings is 1. The fourth-order valence-corrected chi connectivity index (χ4v) is 6.21. The van der Waals surface area contributed by atoms with Gasteiger partial charge in [0.2, 0.25) is 0 Å². The van der Waals surface area contributed by atoms with E-state index in [0.717, 1.165) is 18.4 Å². The number of ether oxygens (including phenoxy) is 1. The highest BCUT2D eigenvalue weighted by Gasteiger charge is 2.41. The van der Waals surface area contributed by atoms with E-state index in [2.05, 4.69) is 34.7 Å². The van der Waals surface area contributed by atoms with Gasteiger partial charge in [0.25, 0.3) is 0 Å². The highest BCUT2D eigenvalue weighted by Crippen LogP contribution is 2.49. The number of benzene rings is 2. The molecule has 0 spiro atoms. The molecule has 1 saturated heterocycles. The second-order valence-electron chi connectivity index (χ2n) is 9.55. The Morgan fingerprint density at radius 1 is 1.17 bits per heavy atom. The lowest BCUT2D eigenvalue weighted by Crippen LogP contribution is -2.40. The maximum absolute atomic E-state index is 14.9. The van der Waals surface area contributed by atoms with Gasteiger partial charge in [-0.1, -0.05) is 32.6 Å². The summed E-state index contributed by atoms with van der Waals surface area (Å²) < 4.78 is 50.6. The zero-order valence-corrected chi connectivity index (χ0v) is 24.6. The first-order chi connectivity index (χ1) is 19.7. The summed E-state index contributed by atoms with van der Waals surface area (Å²) in [6.07, 6.45) is 0.154. The zero-order chi connectivity index (χ0) is 29.0. The van der Waals surface area contributed by atoms with Gasteiger partial charge in [0.1, 0.15) is 27.8 Å². The second kappa shape index (κ2) is 12.7. The van der Waals surface area contributed by atoms with Crippen molar-refractivity contribution in [1.82, 2.24) is 20.5 Å². The molecule has 0 saturated carbocycles. The third-order valence-electron chi connectivity index (χ3n) is 6.66. The number of anilines is 2. The quantitative estimate of drug-likeness (QED) is 0.192. The van der Waals surface area contributed by atoms with Crippen molar-refractivity contribution in [2.24, 2.45) is 5.92 Å². The van der Waals surface area contributed by atoms with E-state index in [9.17, 15) is 13.2 Å². The second-order valence-corrected chi connectivity index (χ2v) is 11.3. The van der Waals surface area contributed by atoms with Gasteiger partial charge in [-0.25, -0.2) is 4.98 Å². The van der Waals surface area contributed by atoms with Crippen LogP contribution >= 0.6 is 31.8 Å². The third kappa shape index (κ3) is 6.81. The number of aromatic nitrogens is 3. The number of hydrogen-bond donors (Lipinski definition) is 2. The van der Waals surface area contributed by atoms with Gasteiger partial charge in [-0.15, -0.1) is 11.3 Å². The maximum atomic E-state index is 14.9. The van der Waals surface area contributed by atoms with Gasteiger partial charge in [0.15, 0.2) is 0 Å². The van der Waals surface area contributed by atoms with Crippen molar-refractivity contribution in [1.29, 1.82) is 0 Å². The van der Waals surface area contributed by atoms with Crippen LogP contribution in [0, 0.1) is 5.92 Å². The van der Waals surface area contributed by atoms with Gasteiger partial charge in [-0.05, 0) is 62.7 Å². The van der Waals surface area contributed by atoms with Crippen LogP contribution in [0.4, 0.5) is 24.5 Å². The summed E-state index contributed by atoms with van der Waals surface area (Å²) in [7, 11) is 5.44. The van der Waals surface area contributed by atoms with Crippen LogP contribution in [-0.4, -0.2) is 47.3 Å². The predicted molar refractivity (Wildman–Crippen MR) is 161 cm³/mol. The van der Waals surface area contributed by atoms with E-state index in [4.69, 9.17) is 16.3 Å². The Morgan fingerprint density at radius 3 is 2.73 bits per heavy atom. The van der Waals surface area contributed by atoms with Crippen LogP contribution < -0.4 is 20.3 Å². The van der Waals surface area contributed by atoms with Gasteiger partial charge in [0.05, 0.1) is 34.2 Å². The molecule has 1 atom stereocenters. The number of para-hydroxylation sites is 1. The van der Waals surface area contributed by atoms with Crippen LogP contribution in [0.25, 0.3) is 10.6 Å². The molecule has 0 unspecified atom stereocenters. The molecule has 2 aromatic heterocycles. The van der Waals surface area contributed by atoms with Crippen molar-refractivity contribution in [3.05, 3.63) is 76.5 Å². The summed E-state index contributed by atoms with van der Waals surface area (Å²) in [5.74, 6) is 0.0161. The van der Waals surface area contributed by atoms with Crippen LogP contribution in [0.5, 0.6) is 11.5 Å². The molecule has 4 aromatic rings. The van der Waals surface area contributed by atoms with E-state index in [1.54, 1.807) is 53.7 Å². The van der Waals surface area contributed by atoms with E-state index in [1.807, 2.05) is 12.4 Å². The number of thiazole rings is 1. The molecular formula is C28H27ClF3N6OPS. The van der Waals surface area contributed by atoms with Crippen molar-refractivity contribution in [2.45, 2.75) is 19.0 Å². The van der Waals surface area contributed by atoms with Crippen LogP contribution in [0.3, 0.4) is 0 Å². The van der Waals surface area contributed by atoms with E-state index >= 15 is 0 Å². The maximum Gasteiger partial charge on any atom is 0.422 e. The van der Waals surface area contributed by atoms with Gasteiger partial charge < -0.3 is 20.3 Å². The fourth-order valence-electron chi connectivity index (χ4n) is 4.87. The summed E-state index contributed by atoms with van der Waals surface area (Å²) in [6, 6.07) is 11.2. The van der Waals surface area contributed by atoms with Gasteiger partial charge in [-0.2, -0.15) is 23.4 Å². The Balaban J connectivity index is 1.56. The minimum atomic E-state index is -4.71. The molecule has 0 bridgehead atoms. The topological polar surface area (TPSA) is 75.2 Å². The van der Waals surface area contributed by atoms with Gasteiger partial charge in [0, 0.05) is 24.0 Å². The van der Waals surface area contributed by atoms with Crippen LogP contribution in [-0.2, 0) is 6.18 Å². The smallest absolute Gasteiger partial charge is 0.422 e. The van der Waals surface area contributed by atoms with E-state index < -0.39 is 11.7 Å². The van der Waals surface area contributed by atoms with Crippen molar-refractivity contribution >= 4 is 48.6 Å². The Morgan fingerprint density at radius 2 is 2.00 bits per heavy atom. The lowest BCUT2D eigenvalue weighted by Gasteiger charge is -2.37. The number of nitrogens with zero attached hydrogens (tertiary/aromatic N) is 4. The molecule has 5 rings (SSSR count). The molecule has 3 heterocycles. The van der Waals surface area contributed by atoms with Crippen molar-refractivity contribution < 1.29 is 17.9 Å². The Labute approximate surface area is 247 Å². The van der Waals surface area contributed by atoms with E-state index in [0.29, 0.717) is 35.8 Å². The molecule has 0 aliphatic carbocycles. The molecule has 41 heavy (non-hydrogen) atoms. The SMILES string of the molecule is CNC[C@@H]1CCCN(c2c(NC(=P)c3csc(-c4ccnnc4)n3)ccc(Oc3ccccc3Cl)c2C(F)(F)F)C1. The summed E-state index contributed by atoms with van der Waals surface area (Å²) in [5.41, 5.74) is 1.19. The minimum Gasteiger partial charge on any atom is -0.455 e. The monoisotopic (exact) mass is 618 g/mol. The van der Waals surface area contributed by atoms with Crippen LogP contribution in [0.2, 0.25) is 5.02 Å². The highest BCUT2D eigenvalue weighted by molar-refractivity contribution is 7.23. The molecule has 214 valence electrons. The van der Waals surface area contributed by atoms with Gasteiger partial charge >= 0.3 is 6.18 Å². The number of hydrogen-bond acceptors (Lipinski definition) is 7. The molecule has 2 aromatic carbocycles. The van der Waals surface area contributed by atoms with Crippen LogP contribution in [0.15, 0.2) is 60.2 Å². The van der Waals surface area contributed by atoms with E-state index in [1.165, 1.54) is 17.4 Å². The molecule has 1 fully saturated rings. The predicted octanol–water partition coefficient (Wildman–Crippen LogP) is 7.23. The molecule has 13 heteroatoms. The first kappa shape index (κ1) is 29.3. The Bertz CT molecular complexity index is 1520. The van der Waals surface area contributed by atoms with Crippen LogP contribution in [0.1, 0.15) is 24.1 Å². The summed E-state index contributed by atoms with van der Waals surface area (Å²) in [5, 5.41) is 16.7. The van der Waals surface area contributed by atoms with Gasteiger partial charge in [-0.3, -0.25) is 0 Å². The average Bonchev–Trinajstić information content (AvgIpc) is 3.46. The number of nitrogens with one attached hydrogen (secondary N) is 2. The number of alkyl halides is 3. The van der Waals surface area contributed by atoms with Crippen molar-refractivity contribution in [3.8, 4) is 22.1 Å². The standard InChI is InChI=1S/C28H27ClF3N6OPS/c1-33-13-17-5-4-12-38(15-17)25-20(36-26(40)21-16-41-27(37-21)18-10-11-34-35-14-18)8-9-23(24(25)28(30,31)32)39-22-7-3-2-6-19(22)29/h2-3,6-11,14,16-17,33,36,40H,4-5,12-13,15H2,1H3/t17-/m0/s1. The van der Waals surface area contributed by atoms with Crippen molar-refractivity contribution in [2.75, 3.05) is 36.9 Å². The van der Waals surface area contributed by atoms with E-state index in [-0.39, 0.29) is 33.8 Å². The average molecular weight is 619 g/mol. The number of rotatable bonds is 9. The minimum absolute atomic E-state index is 0.0207. The first-order valence-electron chi connectivity index (χ1n) is 12.9.